The Hall–Kier alpha value is -1.73. The van der Waals surface area contributed by atoms with Crippen LogP contribution in [0.15, 0.2) is 12.1 Å². The Labute approximate surface area is 134 Å². The second-order valence-electron chi connectivity index (χ2n) is 5.51. The first-order chi connectivity index (χ1) is 11.0. The van der Waals surface area contributed by atoms with Gasteiger partial charge in [-0.1, -0.05) is 6.92 Å². The van der Waals surface area contributed by atoms with Crippen molar-refractivity contribution in [2.75, 3.05) is 39.9 Å². The zero-order valence-corrected chi connectivity index (χ0v) is 13.4. The van der Waals surface area contributed by atoms with Crippen LogP contribution >= 0.6 is 0 Å². The predicted molar refractivity (Wildman–Crippen MR) is 81.6 cm³/mol. The second-order valence-corrected chi connectivity index (χ2v) is 5.51. The quantitative estimate of drug-likeness (QED) is 0.890. The van der Waals surface area contributed by atoms with Crippen LogP contribution in [-0.4, -0.2) is 66.8 Å². The summed E-state index contributed by atoms with van der Waals surface area (Å²) in [7, 11) is 1.27. The fourth-order valence-corrected chi connectivity index (χ4v) is 2.84. The first-order valence-corrected chi connectivity index (χ1v) is 7.69. The van der Waals surface area contributed by atoms with Crippen LogP contribution in [0.25, 0.3) is 0 Å². The highest BCUT2D eigenvalue weighted by Crippen LogP contribution is 2.24. The standard InChI is InChI=1S/C16H22F2N2O3/c1-3-11(10-21)19-6-8-20(9-7-19)16(22)14-12(17)4-5-13(23-2)15(14)18/h4-5,11,21H,3,6-10H2,1-2H3. The summed E-state index contributed by atoms with van der Waals surface area (Å²) < 4.78 is 32.9. The van der Waals surface area contributed by atoms with Crippen LogP contribution in [0, 0.1) is 11.6 Å². The molecule has 1 aromatic carbocycles. The summed E-state index contributed by atoms with van der Waals surface area (Å²) in [6, 6.07) is 2.24. The molecule has 1 amide bonds. The Balaban J connectivity index is 2.12. The van der Waals surface area contributed by atoms with E-state index in [-0.39, 0.29) is 18.4 Å². The molecule has 23 heavy (non-hydrogen) atoms. The molecule has 0 saturated carbocycles. The maximum Gasteiger partial charge on any atom is 0.260 e. The van der Waals surface area contributed by atoms with E-state index in [0.717, 1.165) is 18.6 Å². The third-order valence-electron chi connectivity index (χ3n) is 4.29. The van der Waals surface area contributed by atoms with Crippen LogP contribution < -0.4 is 4.74 Å². The van der Waals surface area contributed by atoms with Gasteiger partial charge in [0.25, 0.3) is 5.91 Å². The Morgan fingerprint density at radius 1 is 1.30 bits per heavy atom. The molecule has 1 atom stereocenters. The Morgan fingerprint density at radius 2 is 1.96 bits per heavy atom. The molecule has 0 bridgehead atoms. The molecule has 2 rings (SSSR count). The Morgan fingerprint density at radius 3 is 2.48 bits per heavy atom. The molecule has 1 aromatic rings. The minimum absolute atomic E-state index is 0.0533. The number of benzene rings is 1. The highest BCUT2D eigenvalue weighted by atomic mass is 19.1. The van der Waals surface area contributed by atoms with Crippen LogP contribution in [0.4, 0.5) is 8.78 Å². The van der Waals surface area contributed by atoms with E-state index in [4.69, 9.17) is 4.74 Å². The summed E-state index contributed by atoms with van der Waals surface area (Å²) in [6.45, 7) is 3.91. The molecule has 7 heteroatoms. The molecular formula is C16H22F2N2O3. The number of hydrogen-bond acceptors (Lipinski definition) is 4. The Bertz CT molecular complexity index is 557. The zero-order valence-electron chi connectivity index (χ0n) is 13.4. The van der Waals surface area contributed by atoms with Gasteiger partial charge in [-0.3, -0.25) is 9.69 Å². The van der Waals surface area contributed by atoms with Crippen LogP contribution in [0.3, 0.4) is 0 Å². The molecule has 1 aliphatic rings. The fourth-order valence-electron chi connectivity index (χ4n) is 2.84. The van der Waals surface area contributed by atoms with Crippen molar-refractivity contribution in [1.29, 1.82) is 0 Å². The molecule has 1 aliphatic heterocycles. The van der Waals surface area contributed by atoms with Crippen molar-refractivity contribution < 1.29 is 23.4 Å². The van der Waals surface area contributed by atoms with Crippen LogP contribution in [-0.2, 0) is 0 Å². The number of halogens is 2. The molecule has 1 N–H and O–H groups in total. The van der Waals surface area contributed by atoms with Gasteiger partial charge in [0, 0.05) is 32.2 Å². The zero-order chi connectivity index (χ0) is 17.0. The third-order valence-corrected chi connectivity index (χ3v) is 4.29. The van der Waals surface area contributed by atoms with E-state index in [9.17, 15) is 18.7 Å². The van der Waals surface area contributed by atoms with Gasteiger partial charge < -0.3 is 14.7 Å². The average Bonchev–Trinajstić information content (AvgIpc) is 2.56. The van der Waals surface area contributed by atoms with Crippen molar-refractivity contribution in [2.45, 2.75) is 19.4 Å². The van der Waals surface area contributed by atoms with Gasteiger partial charge in [-0.15, -0.1) is 0 Å². The number of ether oxygens (including phenoxy) is 1. The molecule has 0 aliphatic carbocycles. The molecule has 1 fully saturated rings. The third kappa shape index (κ3) is 3.61. The van der Waals surface area contributed by atoms with Gasteiger partial charge in [0.2, 0.25) is 0 Å². The van der Waals surface area contributed by atoms with Gasteiger partial charge in [-0.05, 0) is 18.6 Å². The average molecular weight is 328 g/mol. The Kier molecular flexibility index (Phi) is 5.90. The van der Waals surface area contributed by atoms with Crippen molar-refractivity contribution >= 4 is 5.91 Å². The van der Waals surface area contributed by atoms with E-state index < -0.39 is 23.1 Å². The fraction of sp³-hybridized carbons (Fsp3) is 0.562. The molecule has 5 nitrogen and oxygen atoms in total. The number of aliphatic hydroxyl groups is 1. The van der Waals surface area contributed by atoms with Crippen LogP contribution in [0.2, 0.25) is 0 Å². The van der Waals surface area contributed by atoms with Gasteiger partial charge in [-0.2, -0.15) is 0 Å². The first kappa shape index (κ1) is 17.6. The van der Waals surface area contributed by atoms with Gasteiger partial charge in [0.1, 0.15) is 11.4 Å². The SMILES string of the molecule is CCC(CO)N1CCN(C(=O)c2c(F)ccc(OC)c2F)CC1. The van der Waals surface area contributed by atoms with Gasteiger partial charge in [0.15, 0.2) is 11.6 Å². The maximum absolute atomic E-state index is 14.2. The summed E-state index contributed by atoms with van der Waals surface area (Å²) in [5.41, 5.74) is -0.577. The van der Waals surface area contributed by atoms with E-state index in [2.05, 4.69) is 4.90 Å². The van der Waals surface area contributed by atoms with Crippen LogP contribution in [0.5, 0.6) is 5.75 Å². The molecule has 1 unspecified atom stereocenters. The summed E-state index contributed by atoms with van der Waals surface area (Å²) >= 11 is 0. The highest BCUT2D eigenvalue weighted by molar-refractivity contribution is 5.95. The lowest BCUT2D eigenvalue weighted by molar-refractivity contribution is 0.0465. The van der Waals surface area contributed by atoms with Crippen molar-refractivity contribution in [3.05, 3.63) is 29.3 Å². The van der Waals surface area contributed by atoms with Crippen molar-refractivity contribution in [3.8, 4) is 5.75 Å². The molecule has 1 heterocycles. The number of carbonyl (C=O) groups is 1. The van der Waals surface area contributed by atoms with Crippen molar-refractivity contribution in [1.82, 2.24) is 9.80 Å². The van der Waals surface area contributed by atoms with E-state index in [1.165, 1.54) is 12.0 Å². The topological polar surface area (TPSA) is 53.0 Å². The summed E-state index contributed by atoms with van der Waals surface area (Å²) in [6.07, 6.45) is 0.809. The minimum Gasteiger partial charge on any atom is -0.494 e. The van der Waals surface area contributed by atoms with E-state index in [1.54, 1.807) is 0 Å². The normalized spacial score (nSPS) is 17.2. The largest absolute Gasteiger partial charge is 0.494 e. The molecular weight excluding hydrogens is 306 g/mol. The van der Waals surface area contributed by atoms with E-state index in [0.29, 0.717) is 26.2 Å². The summed E-state index contributed by atoms with van der Waals surface area (Å²) in [4.78, 5) is 16.0. The summed E-state index contributed by atoms with van der Waals surface area (Å²) in [5, 5.41) is 9.33. The molecule has 0 spiro atoms. The number of rotatable bonds is 5. The number of amides is 1. The molecule has 128 valence electrons. The number of nitrogens with zero attached hydrogens (tertiary/aromatic N) is 2. The lowest BCUT2D eigenvalue weighted by Crippen LogP contribution is -2.52. The summed E-state index contributed by atoms with van der Waals surface area (Å²) in [5.74, 6) is -2.69. The van der Waals surface area contributed by atoms with E-state index >= 15 is 0 Å². The van der Waals surface area contributed by atoms with Gasteiger partial charge >= 0.3 is 0 Å². The minimum atomic E-state index is -0.971. The van der Waals surface area contributed by atoms with Crippen molar-refractivity contribution in [2.24, 2.45) is 0 Å². The number of methoxy groups -OCH3 is 1. The van der Waals surface area contributed by atoms with Gasteiger partial charge in [0.05, 0.1) is 13.7 Å². The lowest BCUT2D eigenvalue weighted by atomic mass is 10.1. The number of carbonyl (C=O) groups excluding carboxylic acids is 1. The second kappa shape index (κ2) is 7.70. The predicted octanol–water partition coefficient (Wildman–Crippen LogP) is 1.50. The lowest BCUT2D eigenvalue weighted by Gasteiger charge is -2.38. The maximum atomic E-state index is 14.2. The van der Waals surface area contributed by atoms with Crippen molar-refractivity contribution in [3.63, 3.8) is 0 Å². The highest BCUT2D eigenvalue weighted by Gasteiger charge is 2.29. The number of aliphatic hydroxyl groups excluding tert-OH is 1. The molecule has 0 aromatic heterocycles. The monoisotopic (exact) mass is 328 g/mol. The van der Waals surface area contributed by atoms with Crippen LogP contribution in [0.1, 0.15) is 23.7 Å². The molecule has 0 radical (unpaired) electrons. The number of piperazine rings is 1. The first-order valence-electron chi connectivity index (χ1n) is 7.69. The van der Waals surface area contributed by atoms with Gasteiger partial charge in [-0.25, -0.2) is 8.78 Å². The molecule has 1 saturated heterocycles. The smallest absolute Gasteiger partial charge is 0.260 e. The van der Waals surface area contributed by atoms with E-state index in [1.807, 2.05) is 6.92 Å². The number of hydrogen-bond donors (Lipinski definition) is 1.